The fourth-order valence-corrected chi connectivity index (χ4v) is 3.26. The molecule has 120 valence electrons. The van der Waals surface area contributed by atoms with Crippen LogP contribution < -0.4 is 0 Å². The second kappa shape index (κ2) is 5.26. The van der Waals surface area contributed by atoms with Gasteiger partial charge in [-0.25, -0.2) is 4.98 Å². The Labute approximate surface area is 138 Å². The molecule has 0 spiro atoms. The Bertz CT molecular complexity index is 976. The van der Waals surface area contributed by atoms with E-state index in [9.17, 15) is 9.59 Å². The van der Waals surface area contributed by atoms with E-state index in [0.717, 1.165) is 5.56 Å². The average Bonchev–Trinajstić information content (AvgIpc) is 3.01. The van der Waals surface area contributed by atoms with E-state index >= 15 is 0 Å². The molecule has 0 saturated carbocycles. The number of carbonyl (C=O) groups excluding carboxylic acids is 2. The highest BCUT2D eigenvalue weighted by Gasteiger charge is 2.38. The van der Waals surface area contributed by atoms with Crippen LogP contribution in [0.4, 0.5) is 0 Å². The molecule has 0 bridgehead atoms. The predicted molar refractivity (Wildman–Crippen MR) is 88.8 cm³/mol. The Morgan fingerprint density at radius 2 is 1.83 bits per heavy atom. The molecule has 6 nitrogen and oxygen atoms in total. The summed E-state index contributed by atoms with van der Waals surface area (Å²) in [4.78, 5) is 31.1. The summed E-state index contributed by atoms with van der Waals surface area (Å²) in [5.74, 6) is -0.530. The number of aromatic nitrogens is 3. The number of carbonyl (C=O) groups is 2. The Kier molecular flexibility index (Phi) is 3.19. The summed E-state index contributed by atoms with van der Waals surface area (Å²) >= 11 is 0. The van der Waals surface area contributed by atoms with Crippen LogP contribution in [0.3, 0.4) is 0 Å². The molecule has 2 amide bonds. The molecular formula is C18H16N4O2. The van der Waals surface area contributed by atoms with Gasteiger partial charge in [0, 0.05) is 19.8 Å². The van der Waals surface area contributed by atoms with E-state index in [1.54, 1.807) is 11.7 Å². The van der Waals surface area contributed by atoms with Gasteiger partial charge in [-0.1, -0.05) is 30.3 Å². The number of hydrogen-bond acceptors (Lipinski definition) is 4. The molecule has 4 rings (SSSR count). The minimum absolute atomic E-state index is 0.255. The summed E-state index contributed by atoms with van der Waals surface area (Å²) in [7, 11) is 1.78. The van der Waals surface area contributed by atoms with E-state index in [4.69, 9.17) is 0 Å². The molecular weight excluding hydrogens is 304 g/mol. The zero-order chi connectivity index (χ0) is 16.8. The second-order valence-electron chi connectivity index (χ2n) is 5.95. The number of nitrogens with zero attached hydrogens (tertiary/aromatic N) is 4. The zero-order valence-corrected chi connectivity index (χ0v) is 13.5. The van der Waals surface area contributed by atoms with Crippen molar-refractivity contribution in [3.63, 3.8) is 0 Å². The summed E-state index contributed by atoms with van der Waals surface area (Å²) in [6.45, 7) is 2.19. The third-order valence-electron chi connectivity index (χ3n) is 4.43. The molecule has 0 unspecified atom stereocenters. The average molecular weight is 320 g/mol. The van der Waals surface area contributed by atoms with E-state index in [1.165, 1.54) is 11.1 Å². The largest absolute Gasteiger partial charge is 0.274 e. The molecule has 1 aromatic carbocycles. The first-order valence-corrected chi connectivity index (χ1v) is 7.80. The van der Waals surface area contributed by atoms with Crippen molar-refractivity contribution >= 4 is 22.8 Å². The fourth-order valence-electron chi connectivity index (χ4n) is 3.26. The lowest BCUT2D eigenvalue weighted by Gasteiger charge is -2.13. The monoisotopic (exact) mass is 320 g/mol. The highest BCUT2D eigenvalue weighted by Crippen LogP contribution is 2.30. The molecule has 0 saturated heterocycles. The van der Waals surface area contributed by atoms with Crippen LogP contribution >= 0.6 is 0 Å². The van der Waals surface area contributed by atoms with Crippen LogP contribution in [0.5, 0.6) is 0 Å². The van der Waals surface area contributed by atoms with E-state index in [0.29, 0.717) is 40.8 Å². The van der Waals surface area contributed by atoms with Crippen molar-refractivity contribution in [1.82, 2.24) is 19.7 Å². The molecule has 3 heterocycles. The second-order valence-corrected chi connectivity index (χ2v) is 5.95. The zero-order valence-electron chi connectivity index (χ0n) is 13.5. The summed E-state index contributed by atoms with van der Waals surface area (Å²) < 4.78 is 1.63. The first-order chi connectivity index (χ1) is 11.6. The van der Waals surface area contributed by atoms with Gasteiger partial charge in [0.15, 0.2) is 5.65 Å². The van der Waals surface area contributed by atoms with Crippen LogP contribution in [-0.4, -0.2) is 38.0 Å². The normalized spacial score (nSPS) is 13.8. The maximum atomic E-state index is 12.8. The fraction of sp³-hybridized carbons (Fsp3) is 0.222. The van der Waals surface area contributed by atoms with Crippen molar-refractivity contribution in [3.8, 4) is 0 Å². The smallest absolute Gasteiger partial charge is 0.263 e. The number of fused-ring (bicyclic) bond motifs is 3. The van der Waals surface area contributed by atoms with Gasteiger partial charge in [-0.15, -0.1) is 0 Å². The Hall–Kier alpha value is -3.02. The van der Waals surface area contributed by atoms with E-state index in [1.807, 2.05) is 37.3 Å². The molecule has 0 atom stereocenters. The van der Waals surface area contributed by atoms with Gasteiger partial charge < -0.3 is 0 Å². The number of benzene rings is 1. The summed E-state index contributed by atoms with van der Waals surface area (Å²) in [5.41, 5.74) is 3.23. The molecule has 1 aliphatic heterocycles. The molecule has 6 heteroatoms. The van der Waals surface area contributed by atoms with Crippen LogP contribution in [-0.2, 0) is 13.5 Å². The first-order valence-electron chi connectivity index (χ1n) is 7.80. The molecule has 1 aliphatic rings. The summed E-state index contributed by atoms with van der Waals surface area (Å²) in [6, 6.07) is 9.82. The Balaban J connectivity index is 1.72. The molecule has 0 radical (unpaired) electrons. The van der Waals surface area contributed by atoms with Crippen molar-refractivity contribution in [1.29, 1.82) is 0 Å². The van der Waals surface area contributed by atoms with Crippen LogP contribution in [0.2, 0.25) is 0 Å². The van der Waals surface area contributed by atoms with Crippen molar-refractivity contribution < 1.29 is 9.59 Å². The van der Waals surface area contributed by atoms with Gasteiger partial charge in [0.1, 0.15) is 0 Å². The van der Waals surface area contributed by atoms with Crippen molar-refractivity contribution in [2.24, 2.45) is 7.05 Å². The highest BCUT2D eigenvalue weighted by atomic mass is 16.2. The lowest BCUT2D eigenvalue weighted by atomic mass is 10.1. The van der Waals surface area contributed by atoms with Gasteiger partial charge in [-0.05, 0) is 18.9 Å². The summed E-state index contributed by atoms with van der Waals surface area (Å²) in [5, 5.41) is 4.99. The quantitative estimate of drug-likeness (QED) is 0.693. The van der Waals surface area contributed by atoms with Crippen molar-refractivity contribution in [2.45, 2.75) is 13.3 Å². The number of imide groups is 1. The van der Waals surface area contributed by atoms with Crippen LogP contribution in [0.25, 0.3) is 11.0 Å². The van der Waals surface area contributed by atoms with Crippen molar-refractivity contribution in [3.05, 3.63) is 58.9 Å². The number of hydrogen-bond donors (Lipinski definition) is 0. The molecule has 0 fully saturated rings. The Morgan fingerprint density at radius 1 is 1.08 bits per heavy atom. The third-order valence-corrected chi connectivity index (χ3v) is 4.43. The lowest BCUT2D eigenvalue weighted by molar-refractivity contribution is 0.0656. The topological polar surface area (TPSA) is 68.1 Å². The van der Waals surface area contributed by atoms with Crippen LogP contribution in [0.15, 0.2) is 36.5 Å². The molecule has 24 heavy (non-hydrogen) atoms. The highest BCUT2D eigenvalue weighted by molar-refractivity contribution is 6.26. The maximum absolute atomic E-state index is 12.8. The molecule has 3 aromatic rings. The number of rotatable bonds is 3. The van der Waals surface area contributed by atoms with Crippen molar-refractivity contribution in [2.75, 3.05) is 6.54 Å². The molecule has 0 N–H and O–H groups in total. The predicted octanol–water partition coefficient (Wildman–Crippen LogP) is 2.12. The summed E-state index contributed by atoms with van der Waals surface area (Å²) in [6.07, 6.45) is 2.12. The van der Waals surface area contributed by atoms with Crippen LogP contribution in [0, 0.1) is 6.92 Å². The minimum atomic E-state index is -0.274. The standard InChI is InChI=1S/C18H16N4O2/c1-11-14-15-13(10-19-16(14)21(2)20-11)17(23)22(18(15)24)9-8-12-6-4-3-5-7-12/h3-7,10H,8-9H2,1-2H3. The van der Waals surface area contributed by atoms with E-state index < -0.39 is 0 Å². The third kappa shape index (κ3) is 2.03. The first kappa shape index (κ1) is 14.6. The van der Waals surface area contributed by atoms with Gasteiger partial charge in [0.2, 0.25) is 0 Å². The number of aryl methyl sites for hydroxylation is 2. The van der Waals surface area contributed by atoms with Gasteiger partial charge >= 0.3 is 0 Å². The van der Waals surface area contributed by atoms with Gasteiger partial charge in [-0.2, -0.15) is 5.10 Å². The molecule has 2 aromatic heterocycles. The number of amides is 2. The Morgan fingerprint density at radius 3 is 2.58 bits per heavy atom. The minimum Gasteiger partial charge on any atom is -0.274 e. The van der Waals surface area contributed by atoms with Gasteiger partial charge in [-0.3, -0.25) is 19.2 Å². The van der Waals surface area contributed by atoms with Crippen LogP contribution in [0.1, 0.15) is 32.0 Å². The number of pyridine rings is 1. The van der Waals surface area contributed by atoms with Gasteiger partial charge in [0.05, 0.1) is 22.2 Å². The maximum Gasteiger partial charge on any atom is 0.263 e. The SMILES string of the molecule is Cc1nn(C)c2ncc3c(c12)C(=O)N(CCc1ccccc1)C3=O. The van der Waals surface area contributed by atoms with Gasteiger partial charge in [0.25, 0.3) is 11.8 Å². The van der Waals surface area contributed by atoms with E-state index in [-0.39, 0.29) is 11.8 Å². The van der Waals surface area contributed by atoms with E-state index in [2.05, 4.69) is 10.1 Å². The molecule has 0 aliphatic carbocycles. The lowest BCUT2D eigenvalue weighted by Crippen LogP contribution is -2.31.